The molecule has 0 bridgehead atoms. The average Bonchev–Trinajstić information content (AvgIpc) is 2.90. The number of amidine groups is 1. The van der Waals surface area contributed by atoms with Crippen LogP contribution in [0.5, 0.6) is 0 Å². The van der Waals surface area contributed by atoms with Crippen LogP contribution in [0.3, 0.4) is 0 Å². The van der Waals surface area contributed by atoms with Gasteiger partial charge in [-0.15, -0.1) is 0 Å². The van der Waals surface area contributed by atoms with Gasteiger partial charge < -0.3 is 4.79 Å². The summed E-state index contributed by atoms with van der Waals surface area (Å²) < 4.78 is 0. The molecule has 5 nitrogen and oxygen atoms in total. The van der Waals surface area contributed by atoms with Crippen molar-refractivity contribution < 1.29 is 9.59 Å². The van der Waals surface area contributed by atoms with Gasteiger partial charge >= 0.3 is 0 Å². The van der Waals surface area contributed by atoms with Crippen LogP contribution in [0.1, 0.15) is 106 Å². The second-order valence-corrected chi connectivity index (χ2v) is 8.96. The Morgan fingerprint density at radius 1 is 1.11 bits per heavy atom. The van der Waals surface area contributed by atoms with E-state index in [9.17, 15) is 14.9 Å². The zero-order valence-electron chi connectivity index (χ0n) is 26.0. The molecule has 0 aliphatic rings. The number of ketones is 1. The second-order valence-electron chi connectivity index (χ2n) is 8.96. The van der Waals surface area contributed by atoms with Crippen LogP contribution < -0.4 is 0 Å². The number of carbonyl (C=O) groups excluding carboxylic acids is 2. The molecule has 0 N–H and O–H groups in total. The summed E-state index contributed by atoms with van der Waals surface area (Å²) in [5.74, 6) is 1.90. The number of allylic oxidation sites excluding steroid dienone is 5. The molecule has 0 unspecified atom stereocenters. The van der Waals surface area contributed by atoms with Gasteiger partial charge in [-0.05, 0) is 49.0 Å². The first-order valence-electron chi connectivity index (χ1n) is 13.7. The quantitative estimate of drug-likeness (QED) is 0.140. The Morgan fingerprint density at radius 3 is 1.92 bits per heavy atom. The minimum atomic E-state index is -0.00870. The van der Waals surface area contributed by atoms with Gasteiger partial charge in [-0.1, -0.05) is 97.9 Å². The molecular formula is C33H53N3O2. The Bertz CT molecular complexity index is 927. The molecule has 0 radical (unpaired) electrons. The van der Waals surface area contributed by atoms with Crippen LogP contribution in [-0.2, 0) is 16.1 Å². The zero-order chi connectivity index (χ0) is 30.1. The number of unbranched alkanes of at least 4 members (excludes halogenated alkanes) is 1. The SMILES string of the molecule is C=C/C=C(C#N)\C(=C/C)c1ccc(CN(C(C)=O)C(CCCC)=NC)cc1.CC.CC(C)C.CCC(C)=O. The maximum Gasteiger partial charge on any atom is 0.225 e. The summed E-state index contributed by atoms with van der Waals surface area (Å²) in [7, 11) is 1.73. The molecule has 0 aliphatic heterocycles. The van der Waals surface area contributed by atoms with Crippen LogP contribution in [0.4, 0.5) is 0 Å². The third-order valence-corrected chi connectivity index (χ3v) is 4.79. The van der Waals surface area contributed by atoms with Crippen molar-refractivity contribution in [1.82, 2.24) is 4.90 Å². The monoisotopic (exact) mass is 523 g/mol. The lowest BCUT2D eigenvalue weighted by atomic mass is 9.97. The summed E-state index contributed by atoms with van der Waals surface area (Å²) in [6.07, 6.45) is 8.77. The molecule has 0 heterocycles. The molecule has 1 rings (SSSR count). The number of hydrogen-bond donors (Lipinski definition) is 0. The second kappa shape index (κ2) is 25.4. The lowest BCUT2D eigenvalue weighted by molar-refractivity contribution is -0.125. The van der Waals surface area contributed by atoms with Gasteiger partial charge in [0.05, 0.1) is 18.2 Å². The van der Waals surface area contributed by atoms with E-state index in [1.54, 1.807) is 37.9 Å². The van der Waals surface area contributed by atoms with E-state index in [4.69, 9.17) is 0 Å². The van der Waals surface area contributed by atoms with Crippen LogP contribution in [0.25, 0.3) is 5.57 Å². The van der Waals surface area contributed by atoms with Crippen molar-refractivity contribution in [1.29, 1.82) is 5.26 Å². The molecule has 1 aromatic rings. The van der Waals surface area contributed by atoms with E-state index in [0.717, 1.165) is 47.7 Å². The van der Waals surface area contributed by atoms with Gasteiger partial charge in [0.1, 0.15) is 11.6 Å². The Labute approximate surface area is 234 Å². The largest absolute Gasteiger partial charge is 0.300 e. The summed E-state index contributed by atoms with van der Waals surface area (Å²) in [5.41, 5.74) is 3.42. The fourth-order valence-electron chi connectivity index (χ4n) is 2.84. The number of nitrogens with zero attached hydrogens (tertiary/aromatic N) is 3. The third-order valence-electron chi connectivity index (χ3n) is 4.79. The molecular weight excluding hydrogens is 470 g/mol. The van der Waals surface area contributed by atoms with E-state index in [0.29, 0.717) is 18.5 Å². The van der Waals surface area contributed by atoms with E-state index in [1.165, 1.54) is 0 Å². The fourth-order valence-corrected chi connectivity index (χ4v) is 2.84. The summed E-state index contributed by atoms with van der Waals surface area (Å²) in [4.78, 5) is 28.0. The molecule has 0 atom stereocenters. The molecule has 0 saturated heterocycles. The molecule has 0 spiro atoms. The van der Waals surface area contributed by atoms with Crippen molar-refractivity contribution in [3.05, 3.63) is 65.8 Å². The number of hydrogen-bond acceptors (Lipinski definition) is 4. The van der Waals surface area contributed by atoms with E-state index in [2.05, 4.69) is 45.3 Å². The number of aliphatic imine (C=N–C) groups is 1. The number of benzene rings is 1. The smallest absolute Gasteiger partial charge is 0.225 e. The molecule has 1 aromatic carbocycles. The predicted octanol–water partition coefficient (Wildman–Crippen LogP) is 8.97. The number of amides is 1. The standard InChI is InChI=1S/C23H29N3O.C4H8O.C4H10.C2H6/c1-6-9-11-23(25-5)26(18(4)27)17-19-12-14-20(15-13-19)22(8-3)21(16-24)10-7-2;1-3-4(2)5;1-4(2)3;1-2/h7-8,10,12-15H,2,6,9,11,17H2,1,3-5H3;3H2,1-2H3;4H,1-3H3;1-2H3/b21-10-,22-8-,25-23?;;;. The van der Waals surface area contributed by atoms with Crippen molar-refractivity contribution in [2.45, 2.75) is 101 Å². The lowest BCUT2D eigenvalue weighted by Crippen LogP contribution is -2.34. The minimum Gasteiger partial charge on any atom is -0.300 e. The molecule has 1 amide bonds. The molecule has 0 aromatic heterocycles. The number of carbonyl (C=O) groups is 2. The fraction of sp³-hybridized carbons (Fsp3) is 0.515. The van der Waals surface area contributed by atoms with Crippen LogP contribution in [-0.4, -0.2) is 29.5 Å². The highest BCUT2D eigenvalue weighted by Gasteiger charge is 2.16. The molecule has 38 heavy (non-hydrogen) atoms. The van der Waals surface area contributed by atoms with Crippen LogP contribution in [0, 0.1) is 17.2 Å². The first-order chi connectivity index (χ1) is 18.0. The van der Waals surface area contributed by atoms with Crippen LogP contribution in [0.15, 0.2) is 59.6 Å². The Morgan fingerprint density at radius 2 is 1.61 bits per heavy atom. The highest BCUT2D eigenvalue weighted by atomic mass is 16.2. The highest BCUT2D eigenvalue weighted by Crippen LogP contribution is 2.23. The van der Waals surface area contributed by atoms with E-state index in [1.807, 2.05) is 58.0 Å². The first-order valence-corrected chi connectivity index (χ1v) is 13.7. The Balaban J connectivity index is -0.000000942. The predicted molar refractivity (Wildman–Crippen MR) is 166 cm³/mol. The molecule has 0 aliphatic carbocycles. The van der Waals surface area contributed by atoms with E-state index >= 15 is 0 Å². The Hall–Kier alpha value is -3.26. The summed E-state index contributed by atoms with van der Waals surface area (Å²) in [6, 6.07) is 10.1. The van der Waals surface area contributed by atoms with Gasteiger partial charge in [0.2, 0.25) is 5.91 Å². The summed E-state index contributed by atoms with van der Waals surface area (Å²) in [6.45, 7) is 23.7. The maximum atomic E-state index is 12.1. The van der Waals surface area contributed by atoms with Crippen molar-refractivity contribution in [2.75, 3.05) is 7.05 Å². The number of rotatable bonds is 9. The average molecular weight is 524 g/mol. The van der Waals surface area contributed by atoms with Crippen molar-refractivity contribution in [3.63, 3.8) is 0 Å². The van der Waals surface area contributed by atoms with Gasteiger partial charge in [0.25, 0.3) is 0 Å². The first kappa shape index (κ1) is 39.3. The molecule has 0 fully saturated rings. The number of Topliss-reactive ketones (excluding diaryl/α,β-unsaturated/α-hetero) is 1. The van der Waals surface area contributed by atoms with Crippen molar-refractivity contribution in [3.8, 4) is 6.07 Å². The third kappa shape index (κ3) is 18.9. The van der Waals surface area contributed by atoms with Gasteiger partial charge in [-0.2, -0.15) is 5.26 Å². The van der Waals surface area contributed by atoms with Gasteiger partial charge in [0.15, 0.2) is 0 Å². The topological polar surface area (TPSA) is 73.5 Å². The van der Waals surface area contributed by atoms with Gasteiger partial charge in [-0.3, -0.25) is 14.7 Å². The Kier molecular flexibility index (Phi) is 26.2. The van der Waals surface area contributed by atoms with Crippen molar-refractivity contribution >= 4 is 23.1 Å². The van der Waals surface area contributed by atoms with E-state index < -0.39 is 0 Å². The van der Waals surface area contributed by atoms with Crippen LogP contribution >= 0.6 is 0 Å². The molecule has 212 valence electrons. The van der Waals surface area contributed by atoms with Crippen molar-refractivity contribution in [2.24, 2.45) is 10.9 Å². The van der Waals surface area contributed by atoms with E-state index in [-0.39, 0.29) is 11.7 Å². The van der Waals surface area contributed by atoms with Crippen LogP contribution in [0.2, 0.25) is 0 Å². The lowest BCUT2D eigenvalue weighted by Gasteiger charge is -2.23. The zero-order valence-corrected chi connectivity index (χ0v) is 26.0. The number of nitriles is 1. The van der Waals surface area contributed by atoms with Gasteiger partial charge in [0, 0.05) is 26.8 Å². The van der Waals surface area contributed by atoms with Gasteiger partial charge in [-0.25, -0.2) is 0 Å². The normalized spacial score (nSPS) is 11.0. The summed E-state index contributed by atoms with van der Waals surface area (Å²) in [5, 5.41) is 9.35. The summed E-state index contributed by atoms with van der Waals surface area (Å²) >= 11 is 0. The molecule has 0 saturated carbocycles. The molecule has 5 heteroatoms. The highest BCUT2D eigenvalue weighted by molar-refractivity contribution is 5.97. The minimum absolute atomic E-state index is 0.00870. The maximum absolute atomic E-state index is 12.1.